The predicted octanol–water partition coefficient (Wildman–Crippen LogP) is 4.24. The molecule has 0 spiro atoms. The van der Waals surface area contributed by atoms with Gasteiger partial charge in [0.2, 0.25) is 0 Å². The second-order valence-electron chi connectivity index (χ2n) is 4.35. The molecule has 0 atom stereocenters. The first-order chi connectivity index (χ1) is 9.45. The van der Waals surface area contributed by atoms with E-state index in [-0.39, 0.29) is 5.91 Å². The van der Waals surface area contributed by atoms with Crippen LogP contribution in [0.15, 0.2) is 39.4 Å². The molecule has 0 radical (unpaired) electrons. The van der Waals surface area contributed by atoms with Crippen molar-refractivity contribution in [3.8, 4) is 5.75 Å². The Morgan fingerprint density at radius 1 is 1.45 bits per heavy atom. The third-order valence-corrected chi connectivity index (χ3v) is 3.98. The van der Waals surface area contributed by atoms with Crippen LogP contribution in [0.1, 0.15) is 19.4 Å². The second kappa shape index (κ2) is 6.56. The van der Waals surface area contributed by atoms with Crippen LogP contribution < -0.4 is 10.1 Å². The number of ether oxygens (including phenoxy) is 1. The molecule has 1 N–H and O–H groups in total. The predicted molar refractivity (Wildman–Crippen MR) is 90.5 cm³/mol. The molecule has 1 saturated heterocycles. The van der Waals surface area contributed by atoms with Crippen LogP contribution in [-0.4, -0.2) is 10.2 Å². The quantitative estimate of drug-likeness (QED) is 0.491. The van der Waals surface area contributed by atoms with Gasteiger partial charge in [-0.3, -0.25) is 4.79 Å². The lowest BCUT2D eigenvalue weighted by atomic mass is 10.2. The average molecular weight is 370 g/mol. The van der Waals surface area contributed by atoms with Gasteiger partial charge in [0.15, 0.2) is 0 Å². The van der Waals surface area contributed by atoms with Gasteiger partial charge in [0, 0.05) is 10.0 Å². The maximum Gasteiger partial charge on any atom is 0.263 e. The molecule has 1 aliphatic heterocycles. The van der Waals surface area contributed by atoms with Gasteiger partial charge in [0.25, 0.3) is 5.91 Å². The van der Waals surface area contributed by atoms with E-state index >= 15 is 0 Å². The monoisotopic (exact) mass is 369 g/mol. The van der Waals surface area contributed by atoms with Crippen molar-refractivity contribution < 1.29 is 9.53 Å². The molecule has 0 aliphatic carbocycles. The number of hydrogen-bond donors (Lipinski definition) is 1. The van der Waals surface area contributed by atoms with Gasteiger partial charge in [0.05, 0.1) is 11.2 Å². The van der Waals surface area contributed by atoms with E-state index in [1.807, 2.05) is 32.0 Å². The van der Waals surface area contributed by atoms with Crippen molar-refractivity contribution in [3.05, 3.63) is 45.0 Å². The molecule has 1 aromatic carbocycles. The molecular weight excluding hydrogens is 358 g/mol. The third kappa shape index (κ3) is 3.94. The van der Waals surface area contributed by atoms with Gasteiger partial charge < -0.3 is 10.1 Å². The maximum absolute atomic E-state index is 11.7. The summed E-state index contributed by atoms with van der Waals surface area (Å²) >= 11 is 9.65. The van der Waals surface area contributed by atoms with Gasteiger partial charge in [-0.25, -0.2) is 0 Å². The third-order valence-electron chi connectivity index (χ3n) is 2.32. The normalized spacial score (nSPS) is 16.2. The molecule has 1 aliphatic rings. The Labute approximate surface area is 135 Å². The van der Waals surface area contributed by atoms with Gasteiger partial charge in [-0.15, -0.1) is 0 Å². The first-order valence-corrected chi connectivity index (χ1v) is 7.82. The van der Waals surface area contributed by atoms with E-state index in [1.54, 1.807) is 12.3 Å². The standard InChI is InChI=1S/C14H12BrNO2S2/c1-8(2)7-18-11-4-3-10(15)5-9(11)6-12-13(17)16-14(19)20-12/h3-7H,1-2H3,(H,16,17,19)/b12-6-. The zero-order valence-electron chi connectivity index (χ0n) is 10.9. The van der Waals surface area contributed by atoms with Crippen LogP contribution in [0.4, 0.5) is 0 Å². The first-order valence-electron chi connectivity index (χ1n) is 5.80. The van der Waals surface area contributed by atoms with E-state index in [2.05, 4.69) is 21.2 Å². The summed E-state index contributed by atoms with van der Waals surface area (Å²) in [7, 11) is 0. The number of carbonyl (C=O) groups is 1. The number of rotatable bonds is 3. The first kappa shape index (κ1) is 15.3. The number of benzene rings is 1. The minimum Gasteiger partial charge on any atom is -0.464 e. The number of hydrogen-bond acceptors (Lipinski definition) is 4. The summed E-state index contributed by atoms with van der Waals surface area (Å²) in [5.41, 5.74) is 1.87. The molecule has 1 aromatic rings. The van der Waals surface area contributed by atoms with E-state index in [0.717, 1.165) is 15.6 Å². The summed E-state index contributed by atoms with van der Waals surface area (Å²) in [5, 5.41) is 2.59. The molecule has 0 aromatic heterocycles. The second-order valence-corrected chi connectivity index (χ2v) is 6.98. The minimum atomic E-state index is -0.173. The Balaban J connectivity index is 2.37. The Hall–Kier alpha value is -1.11. The molecule has 104 valence electrons. The fourth-order valence-electron chi connectivity index (χ4n) is 1.48. The lowest BCUT2D eigenvalue weighted by Crippen LogP contribution is -2.17. The summed E-state index contributed by atoms with van der Waals surface area (Å²) in [6.45, 7) is 3.91. The Bertz CT molecular complexity index is 634. The van der Waals surface area contributed by atoms with Crippen LogP contribution in [0.25, 0.3) is 6.08 Å². The summed E-state index contributed by atoms with van der Waals surface area (Å²) in [6, 6.07) is 5.64. The highest BCUT2D eigenvalue weighted by atomic mass is 79.9. The van der Waals surface area contributed by atoms with Crippen molar-refractivity contribution >= 4 is 56.2 Å². The van der Waals surface area contributed by atoms with E-state index < -0.39 is 0 Å². The van der Waals surface area contributed by atoms with E-state index in [4.69, 9.17) is 17.0 Å². The smallest absolute Gasteiger partial charge is 0.263 e. The van der Waals surface area contributed by atoms with Crippen molar-refractivity contribution in [2.75, 3.05) is 0 Å². The zero-order valence-corrected chi connectivity index (χ0v) is 14.1. The average Bonchev–Trinajstić information content (AvgIpc) is 2.66. The molecule has 0 saturated carbocycles. The molecule has 1 amide bonds. The fourth-order valence-corrected chi connectivity index (χ4v) is 2.90. The Kier molecular flexibility index (Phi) is 5.01. The number of allylic oxidation sites excluding steroid dienone is 1. The topological polar surface area (TPSA) is 38.3 Å². The molecule has 0 unspecified atom stereocenters. The van der Waals surface area contributed by atoms with Crippen molar-refractivity contribution in [2.24, 2.45) is 0 Å². The lowest BCUT2D eigenvalue weighted by molar-refractivity contribution is -0.115. The number of halogens is 1. The van der Waals surface area contributed by atoms with Gasteiger partial charge in [-0.05, 0) is 43.7 Å². The molecular formula is C14H12BrNO2S2. The lowest BCUT2D eigenvalue weighted by Gasteiger charge is -2.07. The summed E-state index contributed by atoms with van der Waals surface area (Å²) in [4.78, 5) is 12.3. The van der Waals surface area contributed by atoms with Crippen molar-refractivity contribution in [1.82, 2.24) is 5.32 Å². The van der Waals surface area contributed by atoms with E-state index in [1.165, 1.54) is 11.8 Å². The number of thiocarbonyl (C=S) groups is 1. The number of nitrogens with one attached hydrogen (secondary N) is 1. The summed E-state index contributed by atoms with van der Waals surface area (Å²) in [5.74, 6) is 0.515. The Morgan fingerprint density at radius 2 is 2.20 bits per heavy atom. The fraction of sp³-hybridized carbons (Fsp3) is 0.143. The van der Waals surface area contributed by atoms with Crippen LogP contribution >= 0.6 is 39.9 Å². The van der Waals surface area contributed by atoms with E-state index in [0.29, 0.717) is 15.0 Å². The van der Waals surface area contributed by atoms with Crippen LogP contribution in [0.2, 0.25) is 0 Å². The van der Waals surface area contributed by atoms with Gasteiger partial charge in [-0.1, -0.05) is 39.9 Å². The summed E-state index contributed by atoms with van der Waals surface area (Å²) in [6.07, 6.45) is 3.45. The van der Waals surface area contributed by atoms with Crippen LogP contribution in [0.5, 0.6) is 5.75 Å². The van der Waals surface area contributed by atoms with Crippen LogP contribution in [0, 0.1) is 0 Å². The van der Waals surface area contributed by atoms with Gasteiger partial charge in [-0.2, -0.15) is 0 Å². The molecule has 6 heteroatoms. The summed E-state index contributed by atoms with van der Waals surface area (Å²) < 4.78 is 7.02. The van der Waals surface area contributed by atoms with Gasteiger partial charge >= 0.3 is 0 Å². The molecule has 1 heterocycles. The van der Waals surface area contributed by atoms with Crippen LogP contribution in [-0.2, 0) is 4.79 Å². The molecule has 3 nitrogen and oxygen atoms in total. The highest BCUT2D eigenvalue weighted by Gasteiger charge is 2.22. The number of carbonyl (C=O) groups excluding carboxylic acids is 1. The number of amides is 1. The molecule has 1 fully saturated rings. The maximum atomic E-state index is 11.7. The van der Waals surface area contributed by atoms with Crippen LogP contribution in [0.3, 0.4) is 0 Å². The molecule has 20 heavy (non-hydrogen) atoms. The van der Waals surface area contributed by atoms with Crippen molar-refractivity contribution in [3.63, 3.8) is 0 Å². The largest absolute Gasteiger partial charge is 0.464 e. The highest BCUT2D eigenvalue weighted by Crippen LogP contribution is 2.31. The zero-order chi connectivity index (χ0) is 14.7. The van der Waals surface area contributed by atoms with E-state index in [9.17, 15) is 4.79 Å². The molecule has 0 bridgehead atoms. The van der Waals surface area contributed by atoms with Gasteiger partial charge in [0.1, 0.15) is 10.1 Å². The highest BCUT2D eigenvalue weighted by molar-refractivity contribution is 9.10. The number of thioether (sulfide) groups is 1. The SMILES string of the molecule is CC(C)=COc1ccc(Br)cc1/C=C1\SC(=S)NC1=O. The van der Waals surface area contributed by atoms with Crippen molar-refractivity contribution in [2.45, 2.75) is 13.8 Å². The minimum absolute atomic E-state index is 0.173. The Morgan fingerprint density at radius 3 is 2.80 bits per heavy atom. The molecule has 2 rings (SSSR count). The van der Waals surface area contributed by atoms with Crippen molar-refractivity contribution in [1.29, 1.82) is 0 Å².